The molecule has 0 aliphatic carbocycles. The number of ether oxygens (including phenoxy) is 1. The van der Waals surface area contributed by atoms with Crippen LogP contribution in [0.2, 0.25) is 5.02 Å². The molecule has 1 aromatic rings. The minimum Gasteiger partial charge on any atom is -0.448 e. The predicted molar refractivity (Wildman–Crippen MR) is 90.8 cm³/mol. The fourth-order valence-electron chi connectivity index (χ4n) is 2.84. The Morgan fingerprint density at radius 3 is 2.87 bits per heavy atom. The maximum absolute atomic E-state index is 12.4. The van der Waals surface area contributed by atoms with Gasteiger partial charge in [0.25, 0.3) is 0 Å². The SMILES string of the molecule is O=C(CN1CCOC1=O)N1CCS[C@@H](c2ccccc2Cl)CC1. The molecule has 2 aliphatic heterocycles. The number of cyclic esters (lactones) is 1. The Bertz CT molecular complexity index is 598. The number of carbonyl (C=O) groups is 2. The van der Waals surface area contributed by atoms with Crippen molar-refractivity contribution in [2.75, 3.05) is 38.5 Å². The van der Waals surface area contributed by atoms with E-state index in [1.165, 1.54) is 4.90 Å². The van der Waals surface area contributed by atoms with Crippen molar-refractivity contribution in [2.45, 2.75) is 11.7 Å². The van der Waals surface area contributed by atoms with Crippen molar-refractivity contribution in [3.63, 3.8) is 0 Å². The quantitative estimate of drug-likeness (QED) is 0.837. The third kappa shape index (κ3) is 3.93. The molecule has 0 bridgehead atoms. The molecule has 7 heteroatoms. The Hall–Kier alpha value is -1.40. The molecule has 2 fully saturated rings. The van der Waals surface area contributed by atoms with Gasteiger partial charge in [0.15, 0.2) is 0 Å². The van der Waals surface area contributed by atoms with Crippen LogP contribution in [-0.4, -0.2) is 60.3 Å². The van der Waals surface area contributed by atoms with Gasteiger partial charge in [-0.2, -0.15) is 11.8 Å². The van der Waals surface area contributed by atoms with Crippen LogP contribution in [0.3, 0.4) is 0 Å². The Morgan fingerprint density at radius 2 is 2.13 bits per heavy atom. The number of amides is 2. The van der Waals surface area contributed by atoms with Crippen LogP contribution < -0.4 is 0 Å². The molecule has 0 aromatic heterocycles. The monoisotopic (exact) mass is 354 g/mol. The Kier molecular flexibility index (Phi) is 5.33. The standard InChI is InChI=1S/C16H19ClN2O3S/c17-13-4-2-1-3-12(13)14-5-6-18(8-10-23-14)15(20)11-19-7-9-22-16(19)21/h1-4,14H,5-11H2/t14-/m1/s1. The lowest BCUT2D eigenvalue weighted by atomic mass is 10.1. The molecule has 0 spiro atoms. The highest BCUT2D eigenvalue weighted by atomic mass is 35.5. The fraction of sp³-hybridized carbons (Fsp3) is 0.500. The number of benzene rings is 1. The number of hydrogen-bond acceptors (Lipinski definition) is 4. The maximum Gasteiger partial charge on any atom is 0.410 e. The molecule has 0 saturated carbocycles. The molecule has 5 nitrogen and oxygen atoms in total. The highest BCUT2D eigenvalue weighted by molar-refractivity contribution is 7.99. The first-order valence-corrected chi connectivity index (χ1v) is 9.13. The van der Waals surface area contributed by atoms with Gasteiger partial charge in [0.05, 0.1) is 6.54 Å². The highest BCUT2D eigenvalue weighted by Gasteiger charge is 2.28. The molecule has 124 valence electrons. The molecule has 1 atom stereocenters. The summed E-state index contributed by atoms with van der Waals surface area (Å²) in [5, 5.41) is 1.09. The van der Waals surface area contributed by atoms with E-state index in [1.807, 2.05) is 34.9 Å². The van der Waals surface area contributed by atoms with Gasteiger partial charge in [-0.1, -0.05) is 29.8 Å². The molecule has 2 amide bonds. The number of halogens is 1. The van der Waals surface area contributed by atoms with E-state index in [1.54, 1.807) is 0 Å². The summed E-state index contributed by atoms with van der Waals surface area (Å²) in [5.41, 5.74) is 1.14. The van der Waals surface area contributed by atoms with E-state index >= 15 is 0 Å². The van der Waals surface area contributed by atoms with Gasteiger partial charge < -0.3 is 9.64 Å². The Labute approximate surface area is 144 Å². The topological polar surface area (TPSA) is 49.9 Å². The summed E-state index contributed by atoms with van der Waals surface area (Å²) >= 11 is 8.12. The highest BCUT2D eigenvalue weighted by Crippen LogP contribution is 2.37. The smallest absolute Gasteiger partial charge is 0.410 e. The zero-order chi connectivity index (χ0) is 16.2. The first-order chi connectivity index (χ1) is 11.1. The molecule has 1 aromatic carbocycles. The minimum absolute atomic E-state index is 0.00995. The van der Waals surface area contributed by atoms with E-state index in [2.05, 4.69) is 6.07 Å². The third-order valence-electron chi connectivity index (χ3n) is 4.12. The van der Waals surface area contributed by atoms with Crippen molar-refractivity contribution in [1.82, 2.24) is 9.80 Å². The minimum atomic E-state index is -0.392. The predicted octanol–water partition coefficient (Wildman–Crippen LogP) is 2.80. The van der Waals surface area contributed by atoms with Crippen molar-refractivity contribution in [2.24, 2.45) is 0 Å². The van der Waals surface area contributed by atoms with Gasteiger partial charge in [0, 0.05) is 29.1 Å². The molecule has 3 rings (SSSR count). The van der Waals surface area contributed by atoms with Gasteiger partial charge >= 0.3 is 6.09 Å². The molecule has 0 N–H and O–H groups in total. The maximum atomic E-state index is 12.4. The van der Waals surface area contributed by atoms with E-state index < -0.39 is 6.09 Å². The summed E-state index contributed by atoms with van der Waals surface area (Å²) in [6.07, 6.45) is 0.474. The number of nitrogens with zero attached hydrogens (tertiary/aromatic N) is 2. The van der Waals surface area contributed by atoms with Crippen molar-refractivity contribution < 1.29 is 14.3 Å². The van der Waals surface area contributed by atoms with E-state index in [0.717, 1.165) is 22.8 Å². The number of hydrogen-bond donors (Lipinski definition) is 0. The van der Waals surface area contributed by atoms with Crippen LogP contribution in [0.15, 0.2) is 24.3 Å². The normalized spacial score (nSPS) is 22.0. The van der Waals surface area contributed by atoms with E-state index in [-0.39, 0.29) is 12.5 Å². The lowest BCUT2D eigenvalue weighted by Crippen LogP contribution is -2.41. The van der Waals surface area contributed by atoms with E-state index in [0.29, 0.717) is 31.5 Å². The van der Waals surface area contributed by atoms with Crippen molar-refractivity contribution in [3.8, 4) is 0 Å². The molecule has 2 aliphatic rings. The average Bonchev–Trinajstić information content (AvgIpc) is 2.81. The summed E-state index contributed by atoms with van der Waals surface area (Å²) in [6.45, 7) is 2.37. The largest absolute Gasteiger partial charge is 0.448 e. The van der Waals surface area contributed by atoms with Crippen LogP contribution in [0.5, 0.6) is 0 Å². The van der Waals surface area contributed by atoms with E-state index in [9.17, 15) is 9.59 Å². The summed E-state index contributed by atoms with van der Waals surface area (Å²) in [4.78, 5) is 27.2. The van der Waals surface area contributed by atoms with Crippen LogP contribution in [0.25, 0.3) is 0 Å². The van der Waals surface area contributed by atoms with Gasteiger partial charge in [-0.25, -0.2) is 4.79 Å². The second-order valence-electron chi connectivity index (χ2n) is 5.59. The van der Waals surface area contributed by atoms with Crippen molar-refractivity contribution in [3.05, 3.63) is 34.9 Å². The number of rotatable bonds is 3. The lowest BCUT2D eigenvalue weighted by Gasteiger charge is -2.22. The van der Waals surface area contributed by atoms with Crippen LogP contribution in [-0.2, 0) is 9.53 Å². The second-order valence-corrected chi connectivity index (χ2v) is 7.30. The summed E-state index contributed by atoms with van der Waals surface area (Å²) in [7, 11) is 0. The summed E-state index contributed by atoms with van der Waals surface area (Å²) < 4.78 is 4.86. The van der Waals surface area contributed by atoms with Gasteiger partial charge in [-0.3, -0.25) is 9.69 Å². The molecule has 0 radical (unpaired) electrons. The molecule has 2 saturated heterocycles. The molecule has 2 heterocycles. The van der Waals surface area contributed by atoms with Gasteiger partial charge in [-0.05, 0) is 18.1 Å². The summed E-state index contributed by atoms with van der Waals surface area (Å²) in [6, 6.07) is 7.88. The Balaban J connectivity index is 1.59. The molecule has 0 unspecified atom stereocenters. The molecule has 23 heavy (non-hydrogen) atoms. The van der Waals surface area contributed by atoms with Crippen molar-refractivity contribution >= 4 is 35.4 Å². The first-order valence-electron chi connectivity index (χ1n) is 7.70. The van der Waals surface area contributed by atoms with Gasteiger partial charge in [-0.15, -0.1) is 0 Å². The average molecular weight is 355 g/mol. The summed E-state index contributed by atoms with van der Waals surface area (Å²) in [5.74, 6) is 0.857. The van der Waals surface area contributed by atoms with E-state index in [4.69, 9.17) is 16.3 Å². The number of carbonyl (C=O) groups excluding carboxylic acids is 2. The zero-order valence-corrected chi connectivity index (χ0v) is 14.3. The molecular formula is C16H19ClN2O3S. The van der Waals surface area contributed by atoms with Crippen molar-refractivity contribution in [1.29, 1.82) is 0 Å². The Morgan fingerprint density at radius 1 is 1.30 bits per heavy atom. The van der Waals surface area contributed by atoms with Crippen LogP contribution in [0.4, 0.5) is 4.79 Å². The lowest BCUT2D eigenvalue weighted by molar-refractivity contribution is -0.131. The van der Waals surface area contributed by atoms with Gasteiger partial charge in [0.1, 0.15) is 13.2 Å². The first kappa shape index (κ1) is 16.5. The number of thioether (sulfide) groups is 1. The fourth-order valence-corrected chi connectivity index (χ4v) is 4.44. The van der Waals surface area contributed by atoms with Crippen LogP contribution in [0.1, 0.15) is 17.2 Å². The van der Waals surface area contributed by atoms with Gasteiger partial charge in [0.2, 0.25) is 5.91 Å². The second kappa shape index (κ2) is 7.45. The third-order valence-corrected chi connectivity index (χ3v) is 5.77. The van der Waals surface area contributed by atoms with Crippen LogP contribution >= 0.6 is 23.4 Å². The molecular weight excluding hydrogens is 336 g/mol. The zero-order valence-electron chi connectivity index (χ0n) is 12.7. The van der Waals surface area contributed by atoms with Crippen LogP contribution in [0, 0.1) is 0 Å².